The fraction of sp³-hybridized carbons (Fsp3) is 0.133. The highest BCUT2D eigenvalue weighted by molar-refractivity contribution is 9.10. The summed E-state index contributed by atoms with van der Waals surface area (Å²) in [6.07, 6.45) is 0. The van der Waals surface area contributed by atoms with Crippen molar-refractivity contribution < 1.29 is 9.47 Å². The molecule has 4 rings (SSSR count). The molecule has 106 valence electrons. The molecule has 2 heterocycles. The molecule has 0 amide bonds. The smallest absolute Gasteiger partial charge is 0.182 e. The van der Waals surface area contributed by atoms with Crippen LogP contribution >= 0.6 is 28.1 Å². The minimum atomic E-state index is 0.571. The SMILES string of the molecule is S=c1[nH]c2ccc(Br)cc2n1-c1ccc2c(c1)OCCO2. The first-order valence-electron chi connectivity index (χ1n) is 6.53. The quantitative estimate of drug-likeness (QED) is 0.658. The van der Waals surface area contributed by atoms with Crippen LogP contribution in [0.2, 0.25) is 0 Å². The number of H-pyrrole nitrogens is 1. The van der Waals surface area contributed by atoms with Gasteiger partial charge in [-0.05, 0) is 42.5 Å². The second-order valence-corrected chi connectivity index (χ2v) is 6.06. The predicted octanol–water partition coefficient (Wildman–Crippen LogP) is 4.22. The van der Waals surface area contributed by atoms with Crippen LogP contribution in [0.3, 0.4) is 0 Å². The highest BCUT2D eigenvalue weighted by Crippen LogP contribution is 2.33. The molecule has 21 heavy (non-hydrogen) atoms. The molecule has 0 unspecified atom stereocenters. The van der Waals surface area contributed by atoms with Crippen LogP contribution in [-0.2, 0) is 0 Å². The lowest BCUT2D eigenvalue weighted by atomic mass is 10.2. The molecule has 0 saturated carbocycles. The van der Waals surface area contributed by atoms with Crippen molar-refractivity contribution in [1.29, 1.82) is 0 Å². The minimum absolute atomic E-state index is 0.571. The van der Waals surface area contributed by atoms with E-state index in [9.17, 15) is 0 Å². The molecular formula is C15H11BrN2O2S. The number of nitrogens with one attached hydrogen (secondary N) is 1. The first kappa shape index (κ1) is 12.9. The van der Waals surface area contributed by atoms with Gasteiger partial charge < -0.3 is 14.5 Å². The molecule has 1 aromatic heterocycles. The van der Waals surface area contributed by atoms with Gasteiger partial charge >= 0.3 is 0 Å². The molecule has 6 heteroatoms. The van der Waals surface area contributed by atoms with Gasteiger partial charge in [0.15, 0.2) is 16.3 Å². The zero-order valence-corrected chi connectivity index (χ0v) is 13.3. The van der Waals surface area contributed by atoms with Crippen molar-refractivity contribution in [2.75, 3.05) is 13.2 Å². The molecule has 2 aromatic carbocycles. The van der Waals surface area contributed by atoms with Crippen molar-refractivity contribution in [1.82, 2.24) is 9.55 Å². The van der Waals surface area contributed by atoms with Gasteiger partial charge in [-0.25, -0.2) is 0 Å². The van der Waals surface area contributed by atoms with Crippen molar-refractivity contribution in [2.45, 2.75) is 0 Å². The number of benzene rings is 2. The minimum Gasteiger partial charge on any atom is -0.486 e. The average Bonchev–Trinajstić information content (AvgIpc) is 2.82. The van der Waals surface area contributed by atoms with E-state index in [0.717, 1.165) is 32.7 Å². The van der Waals surface area contributed by atoms with Crippen LogP contribution in [-0.4, -0.2) is 22.8 Å². The molecule has 0 aliphatic carbocycles. The fourth-order valence-corrected chi connectivity index (χ4v) is 3.17. The van der Waals surface area contributed by atoms with Gasteiger partial charge in [-0.3, -0.25) is 4.57 Å². The second-order valence-electron chi connectivity index (χ2n) is 4.75. The van der Waals surface area contributed by atoms with E-state index < -0.39 is 0 Å². The number of nitrogens with zero attached hydrogens (tertiary/aromatic N) is 1. The monoisotopic (exact) mass is 362 g/mol. The molecule has 3 aromatic rings. The molecule has 0 atom stereocenters. The van der Waals surface area contributed by atoms with Gasteiger partial charge in [0.05, 0.1) is 16.7 Å². The van der Waals surface area contributed by atoms with Crippen LogP contribution in [0.4, 0.5) is 0 Å². The summed E-state index contributed by atoms with van der Waals surface area (Å²) in [7, 11) is 0. The topological polar surface area (TPSA) is 39.2 Å². The molecule has 1 N–H and O–H groups in total. The number of halogens is 1. The van der Waals surface area contributed by atoms with Crippen LogP contribution in [0.15, 0.2) is 40.9 Å². The van der Waals surface area contributed by atoms with Gasteiger partial charge in [0.1, 0.15) is 13.2 Å². The average molecular weight is 363 g/mol. The van der Waals surface area contributed by atoms with E-state index in [2.05, 4.69) is 20.9 Å². The van der Waals surface area contributed by atoms with Crippen molar-refractivity contribution >= 4 is 39.2 Å². The molecule has 4 nitrogen and oxygen atoms in total. The summed E-state index contributed by atoms with van der Waals surface area (Å²) in [6.45, 7) is 1.16. The zero-order chi connectivity index (χ0) is 14.4. The van der Waals surface area contributed by atoms with E-state index in [-0.39, 0.29) is 0 Å². The number of rotatable bonds is 1. The first-order chi connectivity index (χ1) is 10.2. The maximum atomic E-state index is 5.65. The predicted molar refractivity (Wildman–Crippen MR) is 87.1 cm³/mol. The molecular weight excluding hydrogens is 352 g/mol. The summed E-state index contributed by atoms with van der Waals surface area (Å²) < 4.78 is 14.9. The van der Waals surface area contributed by atoms with Crippen LogP contribution in [0, 0.1) is 4.77 Å². The van der Waals surface area contributed by atoms with Gasteiger partial charge in [-0.15, -0.1) is 0 Å². The Labute approximate surface area is 134 Å². The summed E-state index contributed by atoms with van der Waals surface area (Å²) in [6, 6.07) is 11.9. The Morgan fingerprint density at radius 2 is 1.86 bits per heavy atom. The zero-order valence-electron chi connectivity index (χ0n) is 10.9. The van der Waals surface area contributed by atoms with E-state index in [1.165, 1.54) is 0 Å². The Morgan fingerprint density at radius 3 is 2.71 bits per heavy atom. The number of imidazole rings is 1. The summed E-state index contributed by atoms with van der Waals surface area (Å²) in [5.74, 6) is 1.53. The summed E-state index contributed by atoms with van der Waals surface area (Å²) in [5.41, 5.74) is 2.97. The van der Waals surface area contributed by atoms with Crippen LogP contribution in [0.1, 0.15) is 0 Å². The van der Waals surface area contributed by atoms with E-state index in [0.29, 0.717) is 18.0 Å². The fourth-order valence-electron chi connectivity index (χ4n) is 2.50. The highest BCUT2D eigenvalue weighted by atomic mass is 79.9. The Hall–Kier alpha value is -1.79. The Bertz CT molecular complexity index is 900. The number of aromatic nitrogens is 2. The largest absolute Gasteiger partial charge is 0.486 e. The standard InChI is InChI=1S/C15H11BrN2O2S/c16-9-1-3-11-12(7-9)18(15(21)17-11)10-2-4-13-14(8-10)20-6-5-19-13/h1-4,7-8H,5-6H2,(H,17,21). The van der Waals surface area contributed by atoms with Crippen LogP contribution in [0.5, 0.6) is 11.5 Å². The van der Waals surface area contributed by atoms with Crippen molar-refractivity contribution in [3.8, 4) is 17.2 Å². The molecule has 1 aliphatic rings. The molecule has 0 radical (unpaired) electrons. The van der Waals surface area contributed by atoms with Crippen molar-refractivity contribution in [3.05, 3.63) is 45.6 Å². The van der Waals surface area contributed by atoms with Gasteiger partial charge in [-0.2, -0.15) is 0 Å². The third kappa shape index (κ3) is 2.15. The van der Waals surface area contributed by atoms with Gasteiger partial charge in [0.25, 0.3) is 0 Å². The normalized spacial score (nSPS) is 13.6. The van der Waals surface area contributed by atoms with E-state index >= 15 is 0 Å². The lowest BCUT2D eigenvalue weighted by Crippen LogP contribution is -2.15. The van der Waals surface area contributed by atoms with Gasteiger partial charge in [0.2, 0.25) is 0 Å². The highest BCUT2D eigenvalue weighted by Gasteiger charge is 2.14. The Morgan fingerprint density at radius 1 is 1.05 bits per heavy atom. The molecule has 0 bridgehead atoms. The molecule has 0 saturated heterocycles. The maximum absolute atomic E-state index is 5.65. The third-order valence-electron chi connectivity index (χ3n) is 3.43. The van der Waals surface area contributed by atoms with Crippen LogP contribution < -0.4 is 9.47 Å². The summed E-state index contributed by atoms with van der Waals surface area (Å²) >= 11 is 8.96. The first-order valence-corrected chi connectivity index (χ1v) is 7.73. The maximum Gasteiger partial charge on any atom is 0.182 e. The van der Waals surface area contributed by atoms with E-state index in [1.807, 2.05) is 41.0 Å². The number of aromatic amines is 1. The number of hydrogen-bond acceptors (Lipinski definition) is 3. The second kappa shape index (κ2) is 4.89. The Kier molecular flexibility index (Phi) is 3.01. The van der Waals surface area contributed by atoms with Crippen molar-refractivity contribution in [2.24, 2.45) is 0 Å². The van der Waals surface area contributed by atoms with Crippen molar-refractivity contribution in [3.63, 3.8) is 0 Å². The lowest BCUT2D eigenvalue weighted by molar-refractivity contribution is 0.171. The number of hydrogen-bond donors (Lipinski definition) is 1. The van der Waals surface area contributed by atoms with E-state index in [4.69, 9.17) is 21.7 Å². The number of fused-ring (bicyclic) bond motifs is 2. The van der Waals surface area contributed by atoms with E-state index in [1.54, 1.807) is 0 Å². The number of ether oxygens (including phenoxy) is 2. The van der Waals surface area contributed by atoms with Gasteiger partial charge in [0, 0.05) is 10.5 Å². The molecule has 0 fully saturated rings. The van der Waals surface area contributed by atoms with Gasteiger partial charge in [-0.1, -0.05) is 15.9 Å². The van der Waals surface area contributed by atoms with Crippen LogP contribution in [0.25, 0.3) is 16.7 Å². The molecule has 1 aliphatic heterocycles. The summed E-state index contributed by atoms with van der Waals surface area (Å²) in [5, 5.41) is 0. The Balaban J connectivity index is 1.96. The molecule has 0 spiro atoms. The third-order valence-corrected chi connectivity index (χ3v) is 4.21. The lowest BCUT2D eigenvalue weighted by Gasteiger charge is -2.19. The summed E-state index contributed by atoms with van der Waals surface area (Å²) in [4.78, 5) is 3.22.